The Morgan fingerprint density at radius 2 is 2.10 bits per heavy atom. The van der Waals surface area contributed by atoms with Crippen molar-refractivity contribution in [2.24, 2.45) is 0 Å². The summed E-state index contributed by atoms with van der Waals surface area (Å²) in [6.07, 6.45) is -0.191. The van der Waals surface area contributed by atoms with Crippen molar-refractivity contribution in [1.82, 2.24) is 4.90 Å². The largest absolute Gasteiger partial charge is 0.370 e. The van der Waals surface area contributed by atoms with Gasteiger partial charge in [0.15, 0.2) is 0 Å². The van der Waals surface area contributed by atoms with Crippen LogP contribution in [0.15, 0.2) is 35.7 Å². The summed E-state index contributed by atoms with van der Waals surface area (Å²) in [5.41, 5.74) is 1.91. The number of hydrogen-bond acceptors (Lipinski definition) is 3. The van der Waals surface area contributed by atoms with E-state index in [1.807, 2.05) is 23.3 Å². The van der Waals surface area contributed by atoms with E-state index in [1.54, 1.807) is 12.1 Å². The molecule has 0 radical (unpaired) electrons. The van der Waals surface area contributed by atoms with Crippen LogP contribution in [-0.4, -0.2) is 30.5 Å². The minimum absolute atomic E-state index is 0.0536. The SMILES string of the molecule is Cc1ccsc1C(=O)N1CCOC(c2ccc(F)cc2)C1. The second-order valence-electron chi connectivity index (χ2n) is 5.09. The van der Waals surface area contributed by atoms with E-state index >= 15 is 0 Å². The Balaban J connectivity index is 1.75. The topological polar surface area (TPSA) is 29.5 Å². The maximum Gasteiger partial charge on any atom is 0.264 e. The molecular formula is C16H16FNO2S. The summed E-state index contributed by atoms with van der Waals surface area (Å²) in [5, 5.41) is 1.93. The van der Waals surface area contributed by atoms with E-state index in [1.165, 1.54) is 23.5 Å². The van der Waals surface area contributed by atoms with E-state index in [4.69, 9.17) is 4.74 Å². The second kappa shape index (κ2) is 5.95. The maximum atomic E-state index is 13.0. The lowest BCUT2D eigenvalue weighted by atomic mass is 10.1. The number of ether oxygens (including phenoxy) is 1. The minimum Gasteiger partial charge on any atom is -0.370 e. The van der Waals surface area contributed by atoms with E-state index in [-0.39, 0.29) is 17.8 Å². The van der Waals surface area contributed by atoms with Gasteiger partial charge >= 0.3 is 0 Å². The zero-order chi connectivity index (χ0) is 14.8. The molecule has 1 unspecified atom stereocenters. The van der Waals surface area contributed by atoms with Gasteiger partial charge in [-0.1, -0.05) is 12.1 Å². The van der Waals surface area contributed by atoms with Gasteiger partial charge in [0, 0.05) is 6.54 Å². The number of carbonyl (C=O) groups excluding carboxylic acids is 1. The van der Waals surface area contributed by atoms with Gasteiger partial charge in [-0.15, -0.1) is 11.3 Å². The molecule has 110 valence electrons. The smallest absolute Gasteiger partial charge is 0.264 e. The van der Waals surface area contributed by atoms with Crippen LogP contribution in [0.1, 0.15) is 26.9 Å². The molecule has 0 N–H and O–H groups in total. The molecule has 0 aliphatic carbocycles. The lowest BCUT2D eigenvalue weighted by Crippen LogP contribution is -2.42. The first-order valence-electron chi connectivity index (χ1n) is 6.85. The first-order valence-corrected chi connectivity index (χ1v) is 7.73. The summed E-state index contributed by atoms with van der Waals surface area (Å²) < 4.78 is 18.7. The highest BCUT2D eigenvalue weighted by atomic mass is 32.1. The molecule has 1 aliphatic rings. The summed E-state index contributed by atoms with van der Waals surface area (Å²) in [7, 11) is 0. The number of morpholine rings is 1. The summed E-state index contributed by atoms with van der Waals surface area (Å²) in [4.78, 5) is 15.1. The predicted octanol–water partition coefficient (Wildman–Crippen LogP) is 3.41. The van der Waals surface area contributed by atoms with Crippen LogP contribution < -0.4 is 0 Å². The average Bonchev–Trinajstić information content (AvgIpc) is 2.93. The van der Waals surface area contributed by atoms with Crippen LogP contribution in [0.4, 0.5) is 4.39 Å². The first-order chi connectivity index (χ1) is 10.1. The first kappa shape index (κ1) is 14.2. The molecule has 1 fully saturated rings. The second-order valence-corrected chi connectivity index (χ2v) is 6.01. The fraction of sp³-hybridized carbons (Fsp3) is 0.312. The number of benzene rings is 1. The van der Waals surface area contributed by atoms with Crippen LogP contribution in [0.25, 0.3) is 0 Å². The number of nitrogens with zero attached hydrogens (tertiary/aromatic N) is 1. The standard InChI is InChI=1S/C16H16FNO2S/c1-11-6-9-21-15(11)16(19)18-7-8-20-14(10-18)12-2-4-13(17)5-3-12/h2-6,9,14H,7-8,10H2,1H3. The Labute approximate surface area is 127 Å². The van der Waals surface area contributed by atoms with Crippen molar-refractivity contribution in [3.8, 4) is 0 Å². The fourth-order valence-electron chi connectivity index (χ4n) is 2.45. The summed E-state index contributed by atoms with van der Waals surface area (Å²) in [5.74, 6) is -0.213. The van der Waals surface area contributed by atoms with Gasteiger partial charge in [-0.2, -0.15) is 0 Å². The monoisotopic (exact) mass is 305 g/mol. The lowest BCUT2D eigenvalue weighted by Gasteiger charge is -2.33. The van der Waals surface area contributed by atoms with E-state index in [0.717, 1.165) is 16.0 Å². The van der Waals surface area contributed by atoms with Gasteiger partial charge in [0.2, 0.25) is 0 Å². The van der Waals surface area contributed by atoms with E-state index in [0.29, 0.717) is 19.7 Å². The third kappa shape index (κ3) is 2.99. The highest BCUT2D eigenvalue weighted by molar-refractivity contribution is 7.12. The van der Waals surface area contributed by atoms with Gasteiger partial charge in [0.05, 0.1) is 18.0 Å². The summed E-state index contributed by atoms with van der Waals surface area (Å²) >= 11 is 1.47. The zero-order valence-electron chi connectivity index (χ0n) is 11.7. The molecule has 1 atom stereocenters. The van der Waals surface area contributed by atoms with Crippen LogP contribution in [0.2, 0.25) is 0 Å². The molecule has 2 aromatic rings. The highest BCUT2D eigenvalue weighted by Crippen LogP contribution is 2.25. The quantitative estimate of drug-likeness (QED) is 0.851. The van der Waals surface area contributed by atoms with Crippen LogP contribution >= 0.6 is 11.3 Å². The Bertz CT molecular complexity index is 638. The molecule has 0 saturated carbocycles. The van der Waals surface area contributed by atoms with E-state index in [2.05, 4.69) is 0 Å². The predicted molar refractivity (Wildman–Crippen MR) is 80.1 cm³/mol. The van der Waals surface area contributed by atoms with Gasteiger partial charge in [-0.05, 0) is 41.6 Å². The third-order valence-corrected chi connectivity index (χ3v) is 4.66. The number of thiophene rings is 1. The molecule has 0 bridgehead atoms. The number of rotatable bonds is 2. The molecule has 2 heterocycles. The van der Waals surface area contributed by atoms with Crippen molar-refractivity contribution in [3.63, 3.8) is 0 Å². The van der Waals surface area contributed by atoms with E-state index < -0.39 is 0 Å². The highest BCUT2D eigenvalue weighted by Gasteiger charge is 2.27. The van der Waals surface area contributed by atoms with Crippen LogP contribution in [0, 0.1) is 12.7 Å². The zero-order valence-corrected chi connectivity index (χ0v) is 12.5. The number of amides is 1. The van der Waals surface area contributed by atoms with Gasteiger partial charge in [-0.25, -0.2) is 4.39 Å². The number of hydrogen-bond donors (Lipinski definition) is 0. The molecule has 3 rings (SSSR count). The number of carbonyl (C=O) groups is 1. The molecular weight excluding hydrogens is 289 g/mol. The summed E-state index contributed by atoms with van der Waals surface area (Å²) in [6, 6.07) is 8.22. The van der Waals surface area contributed by atoms with Crippen molar-refractivity contribution in [3.05, 3.63) is 57.5 Å². The third-order valence-electron chi connectivity index (χ3n) is 3.65. The van der Waals surface area contributed by atoms with Crippen molar-refractivity contribution < 1.29 is 13.9 Å². The molecule has 0 spiro atoms. The Morgan fingerprint density at radius 1 is 1.33 bits per heavy atom. The Kier molecular flexibility index (Phi) is 4.03. The van der Waals surface area contributed by atoms with Gasteiger partial charge < -0.3 is 9.64 Å². The number of aryl methyl sites for hydroxylation is 1. The summed E-state index contributed by atoms with van der Waals surface area (Å²) in [6.45, 7) is 3.54. The molecule has 5 heteroatoms. The van der Waals surface area contributed by atoms with Crippen LogP contribution in [-0.2, 0) is 4.74 Å². The van der Waals surface area contributed by atoms with Gasteiger partial charge in [-0.3, -0.25) is 4.79 Å². The van der Waals surface area contributed by atoms with Gasteiger partial charge in [0.1, 0.15) is 11.9 Å². The molecule has 3 nitrogen and oxygen atoms in total. The van der Waals surface area contributed by atoms with Crippen molar-refractivity contribution in [2.45, 2.75) is 13.0 Å². The number of halogens is 1. The van der Waals surface area contributed by atoms with E-state index in [9.17, 15) is 9.18 Å². The van der Waals surface area contributed by atoms with Crippen LogP contribution in [0.3, 0.4) is 0 Å². The Morgan fingerprint density at radius 3 is 2.76 bits per heavy atom. The lowest BCUT2D eigenvalue weighted by molar-refractivity contribution is -0.0227. The molecule has 21 heavy (non-hydrogen) atoms. The molecule has 1 aromatic carbocycles. The minimum atomic E-state index is -0.267. The normalized spacial score (nSPS) is 18.8. The van der Waals surface area contributed by atoms with Gasteiger partial charge in [0.25, 0.3) is 5.91 Å². The molecule has 1 saturated heterocycles. The fourth-order valence-corrected chi connectivity index (χ4v) is 3.34. The molecule has 1 aromatic heterocycles. The average molecular weight is 305 g/mol. The molecule has 1 aliphatic heterocycles. The van der Waals surface area contributed by atoms with Crippen LogP contribution in [0.5, 0.6) is 0 Å². The van der Waals surface area contributed by atoms with Crippen molar-refractivity contribution in [1.29, 1.82) is 0 Å². The maximum absolute atomic E-state index is 13.0. The molecule has 1 amide bonds. The van der Waals surface area contributed by atoms with Crippen molar-refractivity contribution >= 4 is 17.2 Å². The Hall–Kier alpha value is -1.72. The van der Waals surface area contributed by atoms with Crippen molar-refractivity contribution in [2.75, 3.05) is 19.7 Å².